The topological polar surface area (TPSA) is 60.0 Å². The van der Waals surface area contributed by atoms with Gasteiger partial charge in [-0.05, 0) is 38.1 Å². The van der Waals surface area contributed by atoms with Crippen molar-refractivity contribution in [3.05, 3.63) is 91.0 Å². The van der Waals surface area contributed by atoms with Gasteiger partial charge in [0.2, 0.25) is 0 Å². The Balaban J connectivity index is 0.000000306. The molecule has 0 aliphatic rings. The number of imidazole rings is 1. The molecule has 0 saturated heterocycles. The van der Waals surface area contributed by atoms with Crippen molar-refractivity contribution in [2.75, 3.05) is 0 Å². The molecule has 0 aliphatic heterocycles. The van der Waals surface area contributed by atoms with E-state index in [2.05, 4.69) is 29.0 Å². The molecule has 0 spiro atoms. The van der Waals surface area contributed by atoms with E-state index in [4.69, 9.17) is 10.1 Å². The van der Waals surface area contributed by atoms with E-state index in [9.17, 15) is 4.79 Å². The van der Waals surface area contributed by atoms with Crippen LogP contribution in [0, 0.1) is 6.20 Å². The third-order valence-electron chi connectivity index (χ3n) is 3.73. The Kier molecular flexibility index (Phi) is 7.50. The summed E-state index contributed by atoms with van der Waals surface area (Å²) in [6, 6.07) is 22.3. The van der Waals surface area contributed by atoms with Gasteiger partial charge in [0.05, 0.1) is 16.8 Å². The molecule has 0 unspecified atom stereocenters. The Hall–Kier alpha value is -2.95. The Morgan fingerprint density at radius 2 is 1.71 bits per heavy atom. The number of allylic oxidation sites excluding steroid dienone is 2. The first-order valence-electron chi connectivity index (χ1n) is 8.52. The average molecular weight is 551 g/mol. The van der Waals surface area contributed by atoms with Crippen molar-refractivity contribution < 1.29 is 30.0 Å². The Bertz CT molecular complexity index is 1060. The molecule has 6 heteroatoms. The van der Waals surface area contributed by atoms with Crippen molar-refractivity contribution in [2.45, 2.75) is 13.8 Å². The van der Waals surface area contributed by atoms with Crippen LogP contribution in [0.5, 0.6) is 0 Å². The molecular formula is C22H20IrN3O2-. The maximum Gasteiger partial charge on any atom is 0.155 e. The van der Waals surface area contributed by atoms with Crippen LogP contribution < -0.4 is 0 Å². The minimum atomic E-state index is -0.125. The fraction of sp³-hybridized carbons (Fsp3) is 0.0909. The second kappa shape index (κ2) is 9.83. The molecule has 0 bridgehead atoms. The number of aliphatic hydroxyl groups is 1. The normalized spacial score (nSPS) is 10.7. The van der Waals surface area contributed by atoms with Gasteiger partial charge in [-0.3, -0.25) is 9.78 Å². The number of aliphatic hydroxyl groups excluding tert-OH is 1. The summed E-state index contributed by atoms with van der Waals surface area (Å²) < 4.78 is 4.05. The van der Waals surface area contributed by atoms with Crippen molar-refractivity contribution in [3.8, 4) is 11.6 Å². The predicted octanol–water partition coefficient (Wildman–Crippen LogP) is 4.65. The number of nitrogens with zero attached hydrogens (tertiary/aromatic N) is 3. The van der Waals surface area contributed by atoms with Gasteiger partial charge in [-0.25, -0.2) is 0 Å². The zero-order valence-electron chi connectivity index (χ0n) is 15.5. The second-order valence-corrected chi connectivity index (χ2v) is 5.98. The molecule has 1 N–H and O–H groups in total. The zero-order valence-corrected chi connectivity index (χ0v) is 17.9. The summed E-state index contributed by atoms with van der Waals surface area (Å²) >= 11 is 0. The molecule has 4 rings (SSSR count). The van der Waals surface area contributed by atoms with Crippen LogP contribution in [-0.2, 0) is 24.9 Å². The first-order valence-corrected chi connectivity index (χ1v) is 8.52. The molecular weight excluding hydrogens is 530 g/mol. The first-order chi connectivity index (χ1) is 13.1. The Morgan fingerprint density at radius 1 is 1.04 bits per heavy atom. The van der Waals surface area contributed by atoms with Gasteiger partial charge < -0.3 is 14.2 Å². The van der Waals surface area contributed by atoms with E-state index in [-0.39, 0.29) is 31.6 Å². The van der Waals surface area contributed by atoms with Gasteiger partial charge in [-0.1, -0.05) is 36.5 Å². The average Bonchev–Trinajstić information content (AvgIpc) is 3.29. The molecule has 2 aromatic heterocycles. The fourth-order valence-electron chi connectivity index (χ4n) is 2.72. The van der Waals surface area contributed by atoms with E-state index < -0.39 is 0 Å². The number of hydrogen-bond acceptors (Lipinski definition) is 3. The standard InChI is InChI=1S/C17H12N3.C5H8O2.Ir/c1-2-8-14(9-3-1)20-16-11-5-4-10-15(16)18-17(20)19-12-6-7-13-19;1-4(6)3-5(2)7;/h1-12H;3,6H,1-2H3;/q-1;;/b;4-3-;. The van der Waals surface area contributed by atoms with E-state index in [0.717, 1.165) is 22.7 Å². The molecule has 145 valence electrons. The van der Waals surface area contributed by atoms with Crippen molar-refractivity contribution in [3.63, 3.8) is 0 Å². The number of aromatic nitrogens is 3. The van der Waals surface area contributed by atoms with E-state index in [0.29, 0.717) is 0 Å². The van der Waals surface area contributed by atoms with Crippen LogP contribution in [0.2, 0.25) is 0 Å². The minimum absolute atomic E-state index is 0. The minimum Gasteiger partial charge on any atom is -0.512 e. The number of rotatable bonds is 3. The molecule has 0 atom stereocenters. The summed E-state index contributed by atoms with van der Waals surface area (Å²) in [4.78, 5) is 14.7. The number of fused-ring (bicyclic) bond motifs is 1. The summed E-state index contributed by atoms with van der Waals surface area (Å²) in [5.74, 6) is 0.787. The van der Waals surface area contributed by atoms with Crippen molar-refractivity contribution in [1.82, 2.24) is 14.1 Å². The molecule has 5 nitrogen and oxygen atoms in total. The van der Waals surface area contributed by atoms with Crippen LogP contribution in [-0.4, -0.2) is 25.0 Å². The maximum absolute atomic E-state index is 10.0. The number of para-hydroxylation sites is 3. The summed E-state index contributed by atoms with van der Waals surface area (Å²) in [6.45, 7) is 2.85. The van der Waals surface area contributed by atoms with E-state index in [1.165, 1.54) is 19.9 Å². The van der Waals surface area contributed by atoms with Crippen molar-refractivity contribution in [1.29, 1.82) is 0 Å². The molecule has 0 aliphatic carbocycles. The van der Waals surface area contributed by atoms with Crippen LogP contribution >= 0.6 is 0 Å². The van der Waals surface area contributed by atoms with Crippen LogP contribution in [0.15, 0.2) is 84.8 Å². The monoisotopic (exact) mass is 551 g/mol. The van der Waals surface area contributed by atoms with Gasteiger partial charge >= 0.3 is 0 Å². The molecule has 0 fully saturated rings. The number of carbonyl (C=O) groups is 1. The Labute approximate surface area is 177 Å². The summed E-state index contributed by atoms with van der Waals surface area (Å²) in [7, 11) is 0. The number of carbonyl (C=O) groups excluding carboxylic acids is 1. The van der Waals surface area contributed by atoms with Gasteiger partial charge in [0.25, 0.3) is 0 Å². The van der Waals surface area contributed by atoms with Gasteiger partial charge in [-0.15, -0.1) is 12.3 Å². The van der Waals surface area contributed by atoms with E-state index in [1.807, 2.05) is 59.3 Å². The molecule has 28 heavy (non-hydrogen) atoms. The van der Waals surface area contributed by atoms with Crippen LogP contribution in [0.25, 0.3) is 22.7 Å². The molecule has 1 radical (unpaired) electrons. The number of hydrogen-bond donors (Lipinski definition) is 1. The molecule has 0 amide bonds. The number of ketones is 1. The summed E-state index contributed by atoms with van der Waals surface area (Å²) in [5.41, 5.74) is 3.17. The van der Waals surface area contributed by atoms with Crippen LogP contribution in [0.3, 0.4) is 0 Å². The van der Waals surface area contributed by atoms with E-state index >= 15 is 0 Å². The van der Waals surface area contributed by atoms with Crippen LogP contribution in [0.4, 0.5) is 0 Å². The van der Waals surface area contributed by atoms with E-state index in [1.54, 1.807) is 0 Å². The quantitative estimate of drug-likeness (QED) is 0.230. The van der Waals surface area contributed by atoms with Gasteiger partial charge in [0.1, 0.15) is 5.95 Å². The predicted molar refractivity (Wildman–Crippen MR) is 106 cm³/mol. The first kappa shape index (κ1) is 21.4. The third kappa shape index (κ3) is 5.06. The smallest absolute Gasteiger partial charge is 0.155 e. The fourth-order valence-corrected chi connectivity index (χ4v) is 2.72. The van der Waals surface area contributed by atoms with Crippen molar-refractivity contribution in [2.24, 2.45) is 0 Å². The molecule has 2 aromatic carbocycles. The molecule has 2 heterocycles. The Morgan fingerprint density at radius 3 is 2.29 bits per heavy atom. The van der Waals surface area contributed by atoms with Gasteiger partial charge in [0.15, 0.2) is 5.78 Å². The van der Waals surface area contributed by atoms with Gasteiger partial charge in [0, 0.05) is 31.9 Å². The third-order valence-corrected chi connectivity index (χ3v) is 3.73. The maximum atomic E-state index is 10.0. The SMILES string of the molecule is CC(=O)/C=C(/C)O.[Ir].[c-]1cccn1-c1nc2ccccc2n1-c1ccccc1. The van der Waals surface area contributed by atoms with Crippen LogP contribution in [0.1, 0.15) is 13.8 Å². The second-order valence-electron chi connectivity index (χ2n) is 5.98. The van der Waals surface area contributed by atoms with Gasteiger partial charge in [-0.2, -0.15) is 6.07 Å². The number of benzene rings is 2. The summed E-state index contributed by atoms with van der Waals surface area (Å²) in [6.07, 6.45) is 6.28. The zero-order chi connectivity index (χ0) is 19.2. The van der Waals surface area contributed by atoms with Crippen molar-refractivity contribution >= 4 is 16.8 Å². The summed E-state index contributed by atoms with van der Waals surface area (Å²) in [5, 5.41) is 8.36. The largest absolute Gasteiger partial charge is 0.512 e. The molecule has 4 aromatic rings. The molecule has 0 saturated carbocycles.